The van der Waals surface area contributed by atoms with Crippen LogP contribution in [0.25, 0.3) is 11.4 Å². The number of nitro benzene ring substituents is 1. The third-order valence-electron chi connectivity index (χ3n) is 4.91. The highest BCUT2D eigenvalue weighted by Gasteiger charge is 2.23. The van der Waals surface area contributed by atoms with E-state index in [1.807, 2.05) is 24.3 Å². The van der Waals surface area contributed by atoms with E-state index in [4.69, 9.17) is 9.47 Å². The lowest BCUT2D eigenvalue weighted by Crippen LogP contribution is -2.21. The predicted molar refractivity (Wildman–Crippen MR) is 115 cm³/mol. The third kappa shape index (κ3) is 4.66. The lowest BCUT2D eigenvalue weighted by Gasteiger charge is -2.11. The Kier molecular flexibility index (Phi) is 5.97. The second-order valence-corrected chi connectivity index (χ2v) is 7.59. The van der Waals surface area contributed by atoms with Crippen molar-refractivity contribution in [2.75, 3.05) is 18.5 Å². The molecule has 0 radical (unpaired) electrons. The molecule has 2 heterocycles. The topological polar surface area (TPSA) is 134 Å². The number of tetrazole rings is 1. The average Bonchev–Trinajstić information content (AvgIpc) is 3.10. The Morgan fingerprint density at radius 2 is 1.88 bits per heavy atom. The van der Waals surface area contributed by atoms with E-state index in [9.17, 15) is 14.9 Å². The first-order valence-electron chi connectivity index (χ1n) is 10.2. The van der Waals surface area contributed by atoms with Gasteiger partial charge in [-0.2, -0.15) is 4.80 Å². The molecule has 4 rings (SSSR count). The second-order valence-electron chi connectivity index (χ2n) is 7.59. The largest absolute Gasteiger partial charge is 0.489 e. The monoisotopic (exact) mass is 438 g/mol. The Labute approximate surface area is 183 Å². The van der Waals surface area contributed by atoms with Gasteiger partial charge >= 0.3 is 0 Å². The highest BCUT2D eigenvalue weighted by molar-refractivity contribution is 5.93. The molecule has 0 unspecified atom stereocenters. The van der Waals surface area contributed by atoms with Gasteiger partial charge in [-0.15, -0.1) is 10.2 Å². The first kappa shape index (κ1) is 21.2. The van der Waals surface area contributed by atoms with Crippen LogP contribution < -0.4 is 14.8 Å². The summed E-state index contributed by atoms with van der Waals surface area (Å²) in [7, 11) is 0. The van der Waals surface area contributed by atoms with Crippen molar-refractivity contribution >= 4 is 17.3 Å². The zero-order valence-electron chi connectivity index (χ0n) is 17.6. The number of rotatable bonds is 6. The number of nitrogens with one attached hydrogen (secondary N) is 1. The Balaban J connectivity index is 1.48. The first-order chi connectivity index (χ1) is 15.4. The van der Waals surface area contributed by atoms with Gasteiger partial charge in [-0.25, -0.2) is 0 Å². The zero-order valence-corrected chi connectivity index (χ0v) is 17.6. The highest BCUT2D eigenvalue weighted by atomic mass is 16.6. The smallest absolute Gasteiger partial charge is 0.296 e. The summed E-state index contributed by atoms with van der Waals surface area (Å²) in [5.74, 6) is 0.870. The van der Waals surface area contributed by atoms with Crippen molar-refractivity contribution in [1.82, 2.24) is 20.2 Å². The van der Waals surface area contributed by atoms with E-state index in [0.717, 1.165) is 10.4 Å². The molecule has 1 N–H and O–H groups in total. The molecule has 0 bridgehead atoms. The van der Waals surface area contributed by atoms with Crippen molar-refractivity contribution in [3.8, 4) is 22.9 Å². The standard InChI is InChI=1S/C21H22N6O5/c1-13(2)14-4-6-15(7-5-14)21-23-25-26(24-21)12-20(28)22-16-10-18-19(11-17(16)27(29)30)32-9-3-8-31-18/h4-7,10-11,13H,3,8-9,12H2,1-2H3,(H,22,28). The van der Waals surface area contributed by atoms with Crippen LogP contribution in [0.1, 0.15) is 31.7 Å². The number of aromatic nitrogens is 4. The van der Waals surface area contributed by atoms with Gasteiger partial charge in [0.1, 0.15) is 12.2 Å². The molecule has 166 valence electrons. The van der Waals surface area contributed by atoms with E-state index < -0.39 is 10.8 Å². The van der Waals surface area contributed by atoms with Gasteiger partial charge in [0.2, 0.25) is 11.7 Å². The molecule has 0 saturated carbocycles. The normalized spacial score (nSPS) is 13.0. The van der Waals surface area contributed by atoms with Crippen LogP contribution in [0, 0.1) is 10.1 Å². The van der Waals surface area contributed by atoms with Crippen LogP contribution in [0.5, 0.6) is 11.5 Å². The number of nitro groups is 1. The molecule has 0 atom stereocenters. The van der Waals surface area contributed by atoms with E-state index in [0.29, 0.717) is 37.1 Å². The molecule has 1 aliphatic rings. The van der Waals surface area contributed by atoms with E-state index in [-0.39, 0.29) is 23.7 Å². The van der Waals surface area contributed by atoms with E-state index >= 15 is 0 Å². The second kappa shape index (κ2) is 9.00. The minimum absolute atomic E-state index is 0.00821. The van der Waals surface area contributed by atoms with Gasteiger partial charge < -0.3 is 14.8 Å². The lowest BCUT2D eigenvalue weighted by molar-refractivity contribution is -0.384. The molecule has 3 aromatic rings. The van der Waals surface area contributed by atoms with Crippen molar-refractivity contribution in [2.24, 2.45) is 0 Å². The van der Waals surface area contributed by atoms with Crippen LogP contribution in [0.15, 0.2) is 36.4 Å². The third-order valence-corrected chi connectivity index (χ3v) is 4.91. The van der Waals surface area contributed by atoms with Crippen molar-refractivity contribution in [3.63, 3.8) is 0 Å². The van der Waals surface area contributed by atoms with Crippen LogP contribution in [-0.2, 0) is 11.3 Å². The van der Waals surface area contributed by atoms with E-state index in [1.54, 1.807) is 0 Å². The van der Waals surface area contributed by atoms with E-state index in [2.05, 4.69) is 34.6 Å². The fourth-order valence-corrected chi connectivity index (χ4v) is 3.21. The van der Waals surface area contributed by atoms with Gasteiger partial charge in [0.05, 0.1) is 24.2 Å². The molecule has 0 aliphatic carbocycles. The quantitative estimate of drug-likeness (QED) is 0.458. The van der Waals surface area contributed by atoms with Crippen molar-refractivity contribution in [2.45, 2.75) is 32.7 Å². The Bertz CT molecular complexity index is 1140. The molecule has 1 aromatic heterocycles. The first-order valence-corrected chi connectivity index (χ1v) is 10.2. The zero-order chi connectivity index (χ0) is 22.7. The molecule has 1 amide bonds. The molecule has 0 fully saturated rings. The number of ether oxygens (including phenoxy) is 2. The maximum absolute atomic E-state index is 12.5. The molecule has 0 spiro atoms. The summed E-state index contributed by atoms with van der Waals surface area (Å²) in [5.41, 5.74) is 1.69. The molecular weight excluding hydrogens is 416 g/mol. The highest BCUT2D eigenvalue weighted by Crippen LogP contribution is 2.39. The maximum Gasteiger partial charge on any atom is 0.296 e. The van der Waals surface area contributed by atoms with Gasteiger partial charge in [-0.05, 0) is 16.7 Å². The minimum Gasteiger partial charge on any atom is -0.489 e. The molecule has 1 aliphatic heterocycles. The van der Waals surface area contributed by atoms with Crippen LogP contribution in [0.4, 0.5) is 11.4 Å². The molecule has 11 heteroatoms. The van der Waals surface area contributed by atoms with Gasteiger partial charge in [0.25, 0.3) is 5.69 Å². The Morgan fingerprint density at radius 1 is 1.19 bits per heavy atom. The maximum atomic E-state index is 12.5. The van der Waals surface area contributed by atoms with Crippen molar-refractivity contribution in [1.29, 1.82) is 0 Å². The average molecular weight is 438 g/mol. The summed E-state index contributed by atoms with van der Waals surface area (Å²) in [6.07, 6.45) is 0.657. The van der Waals surface area contributed by atoms with Crippen LogP contribution >= 0.6 is 0 Å². The van der Waals surface area contributed by atoms with Gasteiger partial charge in [-0.3, -0.25) is 14.9 Å². The van der Waals surface area contributed by atoms with Crippen molar-refractivity contribution in [3.05, 3.63) is 52.1 Å². The van der Waals surface area contributed by atoms with Crippen molar-refractivity contribution < 1.29 is 19.2 Å². The van der Waals surface area contributed by atoms with Gasteiger partial charge in [0.15, 0.2) is 11.5 Å². The fraction of sp³-hybridized carbons (Fsp3) is 0.333. The minimum atomic E-state index is -0.587. The lowest BCUT2D eigenvalue weighted by atomic mass is 10.0. The fourth-order valence-electron chi connectivity index (χ4n) is 3.21. The molecule has 11 nitrogen and oxygen atoms in total. The number of hydrogen-bond acceptors (Lipinski definition) is 8. The van der Waals surface area contributed by atoms with Crippen LogP contribution in [0.2, 0.25) is 0 Å². The predicted octanol–water partition coefficient (Wildman–Crippen LogP) is 3.17. The summed E-state index contributed by atoms with van der Waals surface area (Å²) in [4.78, 5) is 24.5. The van der Waals surface area contributed by atoms with Gasteiger partial charge in [0, 0.05) is 18.1 Å². The number of hydrogen-bond donors (Lipinski definition) is 1. The van der Waals surface area contributed by atoms with Crippen LogP contribution in [-0.4, -0.2) is 44.3 Å². The Hall–Kier alpha value is -4.02. The number of fused-ring (bicyclic) bond motifs is 1. The van der Waals surface area contributed by atoms with E-state index in [1.165, 1.54) is 17.7 Å². The summed E-state index contributed by atoms with van der Waals surface area (Å²) in [6, 6.07) is 10.4. The Morgan fingerprint density at radius 3 is 2.53 bits per heavy atom. The SMILES string of the molecule is CC(C)c1ccc(-c2nnn(CC(=O)Nc3cc4c(cc3[N+](=O)[O-])OCCCO4)n2)cc1. The molecule has 32 heavy (non-hydrogen) atoms. The number of carbonyl (C=O) groups is 1. The summed E-state index contributed by atoms with van der Waals surface area (Å²) in [5, 5.41) is 26.1. The number of anilines is 1. The molecular formula is C21H22N6O5. The summed E-state index contributed by atoms with van der Waals surface area (Å²) < 4.78 is 11.0. The van der Waals surface area contributed by atoms with Crippen LogP contribution in [0.3, 0.4) is 0 Å². The summed E-state index contributed by atoms with van der Waals surface area (Å²) >= 11 is 0. The number of benzene rings is 2. The number of nitrogens with zero attached hydrogens (tertiary/aromatic N) is 5. The number of amides is 1. The van der Waals surface area contributed by atoms with Gasteiger partial charge in [-0.1, -0.05) is 38.1 Å². The number of carbonyl (C=O) groups excluding carboxylic acids is 1. The molecule has 0 saturated heterocycles. The molecule has 2 aromatic carbocycles. The summed E-state index contributed by atoms with van der Waals surface area (Å²) in [6.45, 7) is 4.77.